The molecule has 0 fully saturated rings. The van der Waals surface area contributed by atoms with E-state index in [-0.39, 0.29) is 5.92 Å². The van der Waals surface area contributed by atoms with Gasteiger partial charge in [-0.25, -0.2) is 0 Å². The van der Waals surface area contributed by atoms with Crippen LogP contribution in [-0.2, 0) is 0 Å². The summed E-state index contributed by atoms with van der Waals surface area (Å²) in [7, 11) is 0. The van der Waals surface area contributed by atoms with Gasteiger partial charge >= 0.3 is 0 Å². The summed E-state index contributed by atoms with van der Waals surface area (Å²) in [5.41, 5.74) is 4.27. The van der Waals surface area contributed by atoms with Crippen LogP contribution in [0.1, 0.15) is 52.4 Å². The lowest BCUT2D eigenvalue weighted by Crippen LogP contribution is -2.14. The Hall–Kier alpha value is -1.80. The number of hydrogen-bond acceptors (Lipinski definition) is 2. The first-order valence-electron chi connectivity index (χ1n) is 8.03. The second kappa shape index (κ2) is 7.28. The van der Waals surface area contributed by atoms with Crippen LogP contribution in [0.15, 0.2) is 34.9 Å². The van der Waals surface area contributed by atoms with Crippen LogP contribution in [0.4, 0.5) is 0 Å². The molecule has 0 aromatic carbocycles. The van der Waals surface area contributed by atoms with Crippen molar-refractivity contribution in [3.63, 3.8) is 0 Å². The van der Waals surface area contributed by atoms with E-state index in [1.807, 2.05) is 0 Å². The van der Waals surface area contributed by atoms with Gasteiger partial charge in [0.05, 0.1) is 24.5 Å². The molecule has 3 atom stereocenters. The molecule has 3 unspecified atom stereocenters. The van der Waals surface area contributed by atoms with Crippen LogP contribution in [0.3, 0.4) is 0 Å². The molecule has 0 aliphatic heterocycles. The summed E-state index contributed by atoms with van der Waals surface area (Å²) in [5, 5.41) is 18.1. The highest BCUT2D eigenvalue weighted by Gasteiger charge is 2.25. The van der Waals surface area contributed by atoms with E-state index >= 15 is 0 Å². The molecular formula is C19H24N2. The Labute approximate surface area is 128 Å². The lowest BCUT2D eigenvalue weighted by Gasteiger charge is -2.28. The number of nitriles is 2. The van der Waals surface area contributed by atoms with Crippen LogP contribution in [0.2, 0.25) is 0 Å². The number of allylic oxidation sites excluding steroid dienone is 6. The van der Waals surface area contributed by atoms with E-state index in [4.69, 9.17) is 5.26 Å². The predicted molar refractivity (Wildman–Crippen MR) is 85.0 cm³/mol. The highest BCUT2D eigenvalue weighted by Crippen LogP contribution is 2.40. The third-order valence-corrected chi connectivity index (χ3v) is 4.69. The lowest BCUT2D eigenvalue weighted by molar-refractivity contribution is 0.432. The lowest BCUT2D eigenvalue weighted by atomic mass is 9.77. The van der Waals surface area contributed by atoms with Gasteiger partial charge in [0.1, 0.15) is 0 Å². The Morgan fingerprint density at radius 2 is 2.19 bits per heavy atom. The molecule has 0 aromatic heterocycles. The fraction of sp³-hybridized carbons (Fsp3) is 0.579. The zero-order valence-corrected chi connectivity index (χ0v) is 13.1. The molecule has 0 bridgehead atoms. The maximum atomic E-state index is 9.22. The first-order chi connectivity index (χ1) is 10.2. The highest BCUT2D eigenvalue weighted by atomic mass is 14.3. The number of nitrogens with zero attached hydrogens (tertiary/aromatic N) is 2. The van der Waals surface area contributed by atoms with Crippen molar-refractivity contribution < 1.29 is 0 Å². The topological polar surface area (TPSA) is 47.6 Å². The van der Waals surface area contributed by atoms with E-state index in [0.717, 1.165) is 25.2 Å². The number of rotatable bonds is 4. The highest BCUT2D eigenvalue weighted by molar-refractivity contribution is 5.41. The predicted octanol–water partition coefficient (Wildman–Crippen LogP) is 5.07. The molecule has 0 saturated heterocycles. The summed E-state index contributed by atoms with van der Waals surface area (Å²) in [4.78, 5) is 0. The third-order valence-electron chi connectivity index (χ3n) is 4.69. The van der Waals surface area contributed by atoms with Crippen molar-refractivity contribution in [1.82, 2.24) is 0 Å². The van der Waals surface area contributed by atoms with Gasteiger partial charge in [0, 0.05) is 0 Å². The van der Waals surface area contributed by atoms with E-state index < -0.39 is 0 Å². The Morgan fingerprint density at radius 1 is 1.38 bits per heavy atom. The van der Waals surface area contributed by atoms with Gasteiger partial charge in [0.25, 0.3) is 0 Å². The van der Waals surface area contributed by atoms with Gasteiger partial charge in [-0.05, 0) is 55.1 Å². The van der Waals surface area contributed by atoms with Gasteiger partial charge < -0.3 is 0 Å². The third kappa shape index (κ3) is 3.85. The van der Waals surface area contributed by atoms with Gasteiger partial charge in [-0.3, -0.25) is 0 Å². The molecule has 21 heavy (non-hydrogen) atoms. The van der Waals surface area contributed by atoms with Crippen LogP contribution >= 0.6 is 0 Å². The van der Waals surface area contributed by atoms with Crippen LogP contribution in [-0.4, -0.2) is 0 Å². The van der Waals surface area contributed by atoms with Crippen molar-refractivity contribution in [3.05, 3.63) is 34.9 Å². The van der Waals surface area contributed by atoms with Crippen molar-refractivity contribution in [2.45, 2.75) is 52.4 Å². The Balaban J connectivity index is 2.23. The second-order valence-electron chi connectivity index (χ2n) is 6.40. The molecular weight excluding hydrogens is 256 g/mol. The minimum Gasteiger partial charge on any atom is -0.198 e. The second-order valence-corrected chi connectivity index (χ2v) is 6.40. The summed E-state index contributed by atoms with van der Waals surface area (Å²) in [5.74, 6) is 1.18. The molecule has 0 N–H and O–H groups in total. The van der Waals surface area contributed by atoms with Gasteiger partial charge in [-0.15, -0.1) is 0 Å². The van der Waals surface area contributed by atoms with Crippen molar-refractivity contribution in [2.75, 3.05) is 0 Å². The fourth-order valence-electron chi connectivity index (χ4n) is 3.53. The van der Waals surface area contributed by atoms with E-state index in [1.54, 1.807) is 0 Å². The first kappa shape index (κ1) is 15.6. The SMILES string of the molecule is CCC1=C(CC(C#N)CC#N)CC2CC(C)CC=CC2=C1. The molecule has 2 aliphatic carbocycles. The van der Waals surface area contributed by atoms with E-state index in [9.17, 15) is 5.26 Å². The molecule has 2 nitrogen and oxygen atoms in total. The van der Waals surface area contributed by atoms with Crippen molar-refractivity contribution in [3.8, 4) is 12.1 Å². The van der Waals surface area contributed by atoms with Crippen LogP contribution in [0.5, 0.6) is 0 Å². The van der Waals surface area contributed by atoms with Gasteiger partial charge in [0.2, 0.25) is 0 Å². The van der Waals surface area contributed by atoms with Crippen molar-refractivity contribution >= 4 is 0 Å². The smallest absolute Gasteiger partial charge is 0.0669 e. The van der Waals surface area contributed by atoms with E-state index in [0.29, 0.717) is 12.3 Å². The van der Waals surface area contributed by atoms with Gasteiger partial charge in [-0.1, -0.05) is 37.6 Å². The number of hydrogen-bond donors (Lipinski definition) is 0. The Morgan fingerprint density at radius 3 is 2.86 bits per heavy atom. The monoisotopic (exact) mass is 280 g/mol. The average molecular weight is 280 g/mol. The largest absolute Gasteiger partial charge is 0.198 e. The Kier molecular flexibility index (Phi) is 5.40. The molecule has 0 radical (unpaired) electrons. The molecule has 0 aromatic rings. The molecule has 0 heterocycles. The average Bonchev–Trinajstić information content (AvgIpc) is 2.66. The molecule has 2 heteroatoms. The zero-order valence-electron chi connectivity index (χ0n) is 13.1. The van der Waals surface area contributed by atoms with Gasteiger partial charge in [-0.2, -0.15) is 10.5 Å². The van der Waals surface area contributed by atoms with Crippen LogP contribution < -0.4 is 0 Å². The minimum atomic E-state index is -0.153. The number of fused-ring (bicyclic) bond motifs is 1. The minimum absolute atomic E-state index is 0.153. The van der Waals surface area contributed by atoms with E-state index in [1.165, 1.54) is 29.6 Å². The quantitative estimate of drug-likeness (QED) is 0.721. The summed E-state index contributed by atoms with van der Waals surface area (Å²) in [6.07, 6.45) is 12.6. The van der Waals surface area contributed by atoms with Gasteiger partial charge in [0.15, 0.2) is 0 Å². The molecule has 2 rings (SSSR count). The summed E-state index contributed by atoms with van der Waals surface area (Å²) in [6, 6.07) is 4.44. The van der Waals surface area contributed by atoms with Crippen LogP contribution in [0.25, 0.3) is 0 Å². The summed E-state index contributed by atoms with van der Waals surface area (Å²) in [6.45, 7) is 4.50. The zero-order chi connectivity index (χ0) is 15.2. The molecule has 110 valence electrons. The summed E-state index contributed by atoms with van der Waals surface area (Å²) >= 11 is 0. The maximum absolute atomic E-state index is 9.22. The fourth-order valence-corrected chi connectivity index (χ4v) is 3.53. The normalized spacial score (nSPS) is 26.2. The first-order valence-corrected chi connectivity index (χ1v) is 8.03. The van der Waals surface area contributed by atoms with Crippen LogP contribution in [0, 0.1) is 40.4 Å². The molecule has 0 spiro atoms. The molecule has 2 aliphatic rings. The van der Waals surface area contributed by atoms with E-state index in [2.05, 4.69) is 44.2 Å². The Bertz CT molecular complexity index is 551. The molecule has 0 saturated carbocycles. The standard InChI is InChI=1S/C19H24N2/c1-3-16-11-17-6-4-5-14(2)9-18(17)12-19(16)10-15(13-21)7-8-20/h4,6,11,14-15,18H,3,5,7,9-10,12H2,1-2H3. The molecule has 0 amide bonds. The van der Waals surface area contributed by atoms with Crippen molar-refractivity contribution in [2.24, 2.45) is 17.8 Å². The van der Waals surface area contributed by atoms with Crippen molar-refractivity contribution in [1.29, 1.82) is 10.5 Å². The summed E-state index contributed by atoms with van der Waals surface area (Å²) < 4.78 is 0. The maximum Gasteiger partial charge on any atom is 0.0669 e.